The Morgan fingerprint density at radius 2 is 1.83 bits per heavy atom. The lowest BCUT2D eigenvalue weighted by Crippen LogP contribution is -2.31. The van der Waals surface area contributed by atoms with Gasteiger partial charge in [0, 0.05) is 28.1 Å². The second kappa shape index (κ2) is 11.3. The van der Waals surface area contributed by atoms with E-state index in [4.69, 9.17) is 11.6 Å². The zero-order valence-corrected chi connectivity index (χ0v) is 22.2. The Hall–Kier alpha value is -2.17. The van der Waals surface area contributed by atoms with Crippen molar-refractivity contribution in [2.75, 3.05) is 0 Å². The molecule has 0 aliphatic heterocycles. The van der Waals surface area contributed by atoms with Gasteiger partial charge in [-0.1, -0.05) is 67.8 Å². The molecule has 0 radical (unpaired) electrons. The summed E-state index contributed by atoms with van der Waals surface area (Å²) in [7, 11) is -3.83. The molecule has 2 unspecified atom stereocenters. The molecule has 0 amide bonds. The summed E-state index contributed by atoms with van der Waals surface area (Å²) in [5.74, 6) is 6.26. The average Bonchev–Trinajstić information content (AvgIpc) is 3.33. The van der Waals surface area contributed by atoms with Crippen LogP contribution in [0.5, 0.6) is 0 Å². The molecule has 1 aliphatic carbocycles. The van der Waals surface area contributed by atoms with E-state index in [1.165, 1.54) is 10.4 Å². The molecule has 1 N–H and O–H groups in total. The maximum Gasteiger partial charge on any atom is 0.267 e. The van der Waals surface area contributed by atoms with Crippen LogP contribution in [0.25, 0.3) is 0 Å². The monoisotopic (exact) mass is 527 g/mol. The molecule has 0 spiro atoms. The van der Waals surface area contributed by atoms with Gasteiger partial charge in [0.1, 0.15) is 0 Å². The van der Waals surface area contributed by atoms with Crippen LogP contribution in [-0.2, 0) is 15.6 Å². The van der Waals surface area contributed by atoms with E-state index in [1.807, 2.05) is 24.3 Å². The largest absolute Gasteiger partial charge is 0.373 e. The molecular formula is C28H30ClNO3S2. The van der Waals surface area contributed by atoms with Crippen LogP contribution in [0.1, 0.15) is 68.4 Å². The van der Waals surface area contributed by atoms with Gasteiger partial charge in [0.15, 0.2) is 5.60 Å². The highest BCUT2D eigenvalue weighted by Crippen LogP contribution is 2.49. The minimum absolute atomic E-state index is 0.161. The molecule has 0 saturated carbocycles. The summed E-state index contributed by atoms with van der Waals surface area (Å²) in [5.41, 5.74) is -0.201. The predicted octanol–water partition coefficient (Wildman–Crippen LogP) is 7.17. The van der Waals surface area contributed by atoms with Gasteiger partial charge in [-0.2, -0.15) is 0 Å². The Morgan fingerprint density at radius 3 is 2.54 bits per heavy atom. The second-order valence-corrected chi connectivity index (χ2v) is 12.3. The van der Waals surface area contributed by atoms with Crippen molar-refractivity contribution >= 4 is 33.4 Å². The maximum atomic E-state index is 13.6. The van der Waals surface area contributed by atoms with Gasteiger partial charge >= 0.3 is 0 Å². The first-order chi connectivity index (χ1) is 16.8. The number of aliphatic hydroxyl groups is 1. The Bertz CT molecular complexity index is 1310. The fourth-order valence-corrected chi connectivity index (χ4v) is 7.23. The van der Waals surface area contributed by atoms with Gasteiger partial charge in [0.05, 0.1) is 15.8 Å². The minimum Gasteiger partial charge on any atom is -0.373 e. The third kappa shape index (κ3) is 5.81. The van der Waals surface area contributed by atoms with Crippen LogP contribution in [0.3, 0.4) is 0 Å². The first kappa shape index (κ1) is 25.9. The molecule has 2 aromatic carbocycles. The molecule has 0 saturated heterocycles. The Morgan fingerprint density at radius 1 is 1.09 bits per heavy atom. The number of hydrogen-bond donors (Lipinski definition) is 1. The van der Waals surface area contributed by atoms with Gasteiger partial charge in [-0.3, -0.25) is 0 Å². The summed E-state index contributed by atoms with van der Waals surface area (Å²) >= 11 is 7.64. The fourth-order valence-electron chi connectivity index (χ4n) is 4.39. The molecule has 0 bridgehead atoms. The molecule has 35 heavy (non-hydrogen) atoms. The molecule has 2 atom stereocenters. The van der Waals surface area contributed by atoms with E-state index in [-0.39, 0.29) is 10.1 Å². The van der Waals surface area contributed by atoms with Crippen molar-refractivity contribution < 1.29 is 13.5 Å². The fraction of sp³-hybridized carbons (Fsp3) is 0.357. The van der Waals surface area contributed by atoms with Crippen LogP contribution in [0.4, 0.5) is 0 Å². The summed E-state index contributed by atoms with van der Waals surface area (Å²) in [6, 6.07) is 17.6. The van der Waals surface area contributed by atoms with Gasteiger partial charge < -0.3 is 5.11 Å². The van der Waals surface area contributed by atoms with Crippen LogP contribution in [0, 0.1) is 11.8 Å². The van der Waals surface area contributed by atoms with Crippen LogP contribution in [-0.4, -0.2) is 17.5 Å². The molecule has 4 nitrogen and oxygen atoms in total. The van der Waals surface area contributed by atoms with Gasteiger partial charge in [-0.25, -0.2) is 12.4 Å². The van der Waals surface area contributed by atoms with Gasteiger partial charge in [-0.15, -0.1) is 11.8 Å². The van der Waals surface area contributed by atoms with E-state index in [0.717, 1.165) is 30.6 Å². The van der Waals surface area contributed by atoms with Crippen LogP contribution in [0.2, 0.25) is 5.02 Å². The number of hydrogen-bond acceptors (Lipinski definition) is 4. The third-order valence-electron chi connectivity index (χ3n) is 6.25. The SMILES string of the molecule is CCCCCCC#CC1(O)CCC(Sc2ccc(Cl)cc2)c2c1ccn2S(=O)(=O)c1ccccc1. The number of benzene rings is 2. The predicted molar refractivity (Wildman–Crippen MR) is 143 cm³/mol. The molecule has 0 fully saturated rings. The van der Waals surface area contributed by atoms with Gasteiger partial charge in [0.25, 0.3) is 10.0 Å². The normalized spacial score (nSPS) is 19.6. The third-order valence-corrected chi connectivity index (χ3v) is 9.50. The van der Waals surface area contributed by atoms with E-state index in [2.05, 4.69) is 18.8 Å². The van der Waals surface area contributed by atoms with E-state index >= 15 is 0 Å². The summed E-state index contributed by atoms with van der Waals surface area (Å²) < 4.78 is 28.5. The lowest BCUT2D eigenvalue weighted by molar-refractivity contribution is 0.0796. The van der Waals surface area contributed by atoms with Crippen molar-refractivity contribution in [3.05, 3.63) is 83.1 Å². The Kier molecular flexibility index (Phi) is 8.34. The highest BCUT2D eigenvalue weighted by Gasteiger charge is 2.41. The number of fused-ring (bicyclic) bond motifs is 1. The number of rotatable bonds is 8. The highest BCUT2D eigenvalue weighted by molar-refractivity contribution is 7.99. The number of thioether (sulfide) groups is 1. The molecular weight excluding hydrogens is 498 g/mol. The zero-order chi connectivity index (χ0) is 24.9. The first-order valence-electron chi connectivity index (χ1n) is 12.0. The lowest BCUT2D eigenvalue weighted by atomic mass is 9.82. The van der Waals surface area contributed by atoms with E-state index in [0.29, 0.717) is 29.1 Å². The zero-order valence-electron chi connectivity index (χ0n) is 19.8. The number of nitrogens with zero attached hydrogens (tertiary/aromatic N) is 1. The van der Waals surface area contributed by atoms with Crippen molar-refractivity contribution in [1.82, 2.24) is 3.97 Å². The van der Waals surface area contributed by atoms with Crippen molar-refractivity contribution in [2.24, 2.45) is 0 Å². The smallest absolute Gasteiger partial charge is 0.267 e. The Balaban J connectivity index is 1.73. The maximum absolute atomic E-state index is 13.6. The standard InChI is InChI=1S/C28H30ClNO3S2/c1-2-3-4-5-6-10-19-28(31)20-17-26(34-23-15-13-22(29)14-16-23)27-25(28)18-21-30(27)35(32,33)24-11-8-7-9-12-24/h7-9,11-16,18,21,26,31H,2-6,17,20H2,1H3. The summed E-state index contributed by atoms with van der Waals surface area (Å²) in [5, 5.41) is 12.1. The van der Waals surface area contributed by atoms with E-state index < -0.39 is 15.6 Å². The quantitative estimate of drug-likeness (QED) is 0.249. The molecule has 7 heteroatoms. The van der Waals surface area contributed by atoms with Crippen LogP contribution in [0.15, 0.2) is 76.7 Å². The lowest BCUT2D eigenvalue weighted by Gasteiger charge is -2.33. The van der Waals surface area contributed by atoms with Crippen molar-refractivity contribution in [3.63, 3.8) is 0 Å². The average molecular weight is 528 g/mol. The van der Waals surface area contributed by atoms with Crippen LogP contribution < -0.4 is 0 Å². The Labute approximate surface area is 217 Å². The van der Waals surface area contributed by atoms with Gasteiger partial charge in [0.2, 0.25) is 0 Å². The topological polar surface area (TPSA) is 59.3 Å². The summed E-state index contributed by atoms with van der Waals surface area (Å²) in [6.45, 7) is 2.17. The van der Waals surface area contributed by atoms with Crippen molar-refractivity contribution in [1.29, 1.82) is 0 Å². The number of aromatic nitrogens is 1. The molecule has 1 heterocycles. The summed E-state index contributed by atoms with van der Waals surface area (Å²) in [4.78, 5) is 1.20. The van der Waals surface area contributed by atoms with Crippen molar-refractivity contribution in [2.45, 2.75) is 72.5 Å². The molecule has 3 aromatic rings. The minimum atomic E-state index is -3.83. The molecule has 4 rings (SSSR count). The number of halogens is 1. The number of unbranched alkanes of at least 4 members (excludes halogenated alkanes) is 4. The molecule has 184 valence electrons. The first-order valence-corrected chi connectivity index (χ1v) is 14.7. The highest BCUT2D eigenvalue weighted by atomic mass is 35.5. The molecule has 1 aromatic heterocycles. The summed E-state index contributed by atoms with van der Waals surface area (Å²) in [6.07, 6.45) is 7.79. The molecule has 1 aliphatic rings. The van der Waals surface area contributed by atoms with E-state index in [1.54, 1.807) is 54.4 Å². The van der Waals surface area contributed by atoms with E-state index in [9.17, 15) is 13.5 Å². The van der Waals surface area contributed by atoms with Gasteiger partial charge in [-0.05, 0) is 61.7 Å². The second-order valence-electron chi connectivity index (χ2n) is 8.80. The van der Waals surface area contributed by atoms with Crippen molar-refractivity contribution in [3.8, 4) is 11.8 Å². The van der Waals surface area contributed by atoms with Crippen LogP contribution >= 0.6 is 23.4 Å².